The maximum atomic E-state index is 11.5. The molecule has 0 unspecified atom stereocenters. The zero-order valence-electron chi connectivity index (χ0n) is 11.2. The molecule has 1 heterocycles. The average molecular weight is 261 g/mol. The van der Waals surface area contributed by atoms with Crippen LogP contribution in [0.15, 0.2) is 24.3 Å². The fourth-order valence-corrected chi connectivity index (χ4v) is 2.18. The number of esters is 1. The van der Waals surface area contributed by atoms with Crippen LogP contribution in [0, 0.1) is 0 Å². The standard InChI is InChI=1S/C15H19NO3/c1-2-19-15(18)13-5-3-12(4-6-13)11-16-9-7-14(17)8-10-16/h3-6H,2,7-11H2,1H3. The molecule has 1 aliphatic rings. The van der Waals surface area contributed by atoms with Gasteiger partial charge >= 0.3 is 5.97 Å². The predicted molar refractivity (Wildman–Crippen MR) is 71.9 cm³/mol. The summed E-state index contributed by atoms with van der Waals surface area (Å²) in [5.74, 6) is 0.0755. The monoisotopic (exact) mass is 261 g/mol. The second-order valence-corrected chi connectivity index (χ2v) is 4.73. The number of Topliss-reactive ketones (excluding diaryl/α,β-unsaturated/α-hetero) is 1. The van der Waals surface area contributed by atoms with Crippen molar-refractivity contribution in [2.75, 3.05) is 19.7 Å². The normalized spacial score (nSPS) is 16.4. The van der Waals surface area contributed by atoms with Gasteiger partial charge in [-0.25, -0.2) is 4.79 Å². The predicted octanol–water partition coefficient (Wildman–Crippen LogP) is 2.03. The number of benzene rings is 1. The minimum absolute atomic E-state index is 0.280. The van der Waals surface area contributed by atoms with Crippen molar-refractivity contribution >= 4 is 11.8 Å². The van der Waals surface area contributed by atoms with Gasteiger partial charge in [0, 0.05) is 32.5 Å². The molecule has 0 bridgehead atoms. The highest BCUT2D eigenvalue weighted by Crippen LogP contribution is 2.12. The van der Waals surface area contributed by atoms with Gasteiger partial charge in [-0.3, -0.25) is 9.69 Å². The van der Waals surface area contributed by atoms with Gasteiger partial charge in [0.05, 0.1) is 12.2 Å². The van der Waals surface area contributed by atoms with E-state index in [2.05, 4.69) is 4.90 Å². The summed E-state index contributed by atoms with van der Waals surface area (Å²) >= 11 is 0. The topological polar surface area (TPSA) is 46.6 Å². The van der Waals surface area contributed by atoms with Gasteiger partial charge in [0.25, 0.3) is 0 Å². The summed E-state index contributed by atoms with van der Waals surface area (Å²) < 4.78 is 4.94. The van der Waals surface area contributed by atoms with Gasteiger partial charge < -0.3 is 4.74 Å². The summed E-state index contributed by atoms with van der Waals surface area (Å²) in [5.41, 5.74) is 1.74. The van der Waals surface area contributed by atoms with Crippen molar-refractivity contribution in [1.82, 2.24) is 4.90 Å². The Morgan fingerprint density at radius 2 is 1.84 bits per heavy atom. The van der Waals surface area contributed by atoms with Crippen molar-refractivity contribution in [1.29, 1.82) is 0 Å². The Morgan fingerprint density at radius 1 is 1.21 bits per heavy atom. The molecule has 1 saturated heterocycles. The Bertz CT molecular complexity index is 443. The van der Waals surface area contributed by atoms with Crippen LogP contribution in [0.4, 0.5) is 0 Å². The van der Waals surface area contributed by atoms with Crippen molar-refractivity contribution < 1.29 is 14.3 Å². The first-order chi connectivity index (χ1) is 9.19. The van der Waals surface area contributed by atoms with E-state index >= 15 is 0 Å². The first kappa shape index (κ1) is 13.7. The lowest BCUT2D eigenvalue weighted by Gasteiger charge is -2.25. The minimum Gasteiger partial charge on any atom is -0.462 e. The summed E-state index contributed by atoms with van der Waals surface area (Å²) in [6, 6.07) is 7.48. The summed E-state index contributed by atoms with van der Waals surface area (Å²) in [6.07, 6.45) is 1.31. The van der Waals surface area contributed by atoms with E-state index in [-0.39, 0.29) is 5.97 Å². The Kier molecular flexibility index (Phi) is 4.68. The highest BCUT2D eigenvalue weighted by Gasteiger charge is 2.16. The van der Waals surface area contributed by atoms with Crippen molar-refractivity contribution in [3.63, 3.8) is 0 Å². The molecule has 102 valence electrons. The minimum atomic E-state index is -0.280. The van der Waals surface area contributed by atoms with Crippen molar-refractivity contribution in [2.24, 2.45) is 0 Å². The highest BCUT2D eigenvalue weighted by atomic mass is 16.5. The van der Waals surface area contributed by atoms with E-state index in [1.54, 1.807) is 19.1 Å². The molecule has 0 amide bonds. The third kappa shape index (κ3) is 3.89. The third-order valence-corrected chi connectivity index (χ3v) is 3.28. The Labute approximate surface area is 113 Å². The molecule has 0 aliphatic carbocycles. The van der Waals surface area contributed by atoms with Gasteiger partial charge in [-0.05, 0) is 24.6 Å². The molecule has 1 fully saturated rings. The molecule has 0 aromatic heterocycles. The second-order valence-electron chi connectivity index (χ2n) is 4.73. The van der Waals surface area contributed by atoms with E-state index in [0.717, 1.165) is 25.2 Å². The molecule has 0 radical (unpaired) electrons. The second kappa shape index (κ2) is 6.48. The van der Waals surface area contributed by atoms with Crippen LogP contribution in [-0.2, 0) is 16.1 Å². The number of rotatable bonds is 4. The van der Waals surface area contributed by atoms with Gasteiger partial charge in [0.15, 0.2) is 0 Å². The van der Waals surface area contributed by atoms with Crippen LogP contribution in [0.5, 0.6) is 0 Å². The fourth-order valence-electron chi connectivity index (χ4n) is 2.18. The number of ether oxygens (including phenoxy) is 1. The maximum Gasteiger partial charge on any atom is 0.338 e. The van der Waals surface area contributed by atoms with Crippen LogP contribution in [-0.4, -0.2) is 36.3 Å². The maximum absolute atomic E-state index is 11.5. The van der Waals surface area contributed by atoms with E-state index in [1.807, 2.05) is 12.1 Å². The molecule has 1 aromatic rings. The van der Waals surface area contributed by atoms with E-state index in [9.17, 15) is 9.59 Å². The van der Waals surface area contributed by atoms with Crippen LogP contribution in [0.3, 0.4) is 0 Å². The average Bonchev–Trinajstić information content (AvgIpc) is 2.42. The Hall–Kier alpha value is -1.68. The first-order valence-electron chi connectivity index (χ1n) is 6.69. The number of ketones is 1. The number of carbonyl (C=O) groups excluding carboxylic acids is 2. The zero-order chi connectivity index (χ0) is 13.7. The molecular weight excluding hydrogens is 242 g/mol. The van der Waals surface area contributed by atoms with E-state index < -0.39 is 0 Å². The van der Waals surface area contributed by atoms with Crippen molar-refractivity contribution in [3.05, 3.63) is 35.4 Å². The number of piperidine rings is 1. The molecular formula is C15H19NO3. The Morgan fingerprint density at radius 3 is 2.42 bits per heavy atom. The first-order valence-corrected chi connectivity index (χ1v) is 6.69. The van der Waals surface area contributed by atoms with Crippen LogP contribution in [0.25, 0.3) is 0 Å². The number of nitrogens with zero attached hydrogens (tertiary/aromatic N) is 1. The SMILES string of the molecule is CCOC(=O)c1ccc(CN2CCC(=O)CC2)cc1. The van der Waals surface area contributed by atoms with Gasteiger partial charge in [-0.1, -0.05) is 12.1 Å². The van der Waals surface area contributed by atoms with Gasteiger partial charge in [0.2, 0.25) is 0 Å². The van der Waals surface area contributed by atoms with E-state index in [4.69, 9.17) is 4.74 Å². The summed E-state index contributed by atoms with van der Waals surface area (Å²) in [5, 5.41) is 0. The fraction of sp³-hybridized carbons (Fsp3) is 0.467. The molecule has 0 N–H and O–H groups in total. The molecule has 0 saturated carbocycles. The quantitative estimate of drug-likeness (QED) is 0.778. The summed E-state index contributed by atoms with van der Waals surface area (Å²) in [7, 11) is 0. The van der Waals surface area contributed by atoms with Crippen molar-refractivity contribution in [2.45, 2.75) is 26.3 Å². The number of hydrogen-bond acceptors (Lipinski definition) is 4. The molecule has 1 aromatic carbocycles. The molecule has 2 rings (SSSR count). The van der Waals surface area contributed by atoms with Crippen LogP contribution < -0.4 is 0 Å². The van der Waals surface area contributed by atoms with Gasteiger partial charge in [-0.15, -0.1) is 0 Å². The lowest BCUT2D eigenvalue weighted by molar-refractivity contribution is -0.121. The molecule has 0 spiro atoms. The smallest absolute Gasteiger partial charge is 0.338 e. The van der Waals surface area contributed by atoms with Gasteiger partial charge in [-0.2, -0.15) is 0 Å². The van der Waals surface area contributed by atoms with Crippen molar-refractivity contribution in [3.8, 4) is 0 Å². The van der Waals surface area contributed by atoms with E-state index in [0.29, 0.717) is 30.8 Å². The zero-order valence-corrected chi connectivity index (χ0v) is 11.2. The number of likely N-dealkylation sites (tertiary alicyclic amines) is 1. The molecule has 4 heteroatoms. The molecule has 1 aliphatic heterocycles. The Balaban J connectivity index is 1.91. The summed E-state index contributed by atoms with van der Waals surface area (Å²) in [4.78, 5) is 24.9. The lowest BCUT2D eigenvalue weighted by Crippen LogP contribution is -2.33. The lowest BCUT2D eigenvalue weighted by atomic mass is 10.1. The molecule has 19 heavy (non-hydrogen) atoms. The number of hydrogen-bond donors (Lipinski definition) is 0. The van der Waals surface area contributed by atoms with Crippen LogP contribution in [0.1, 0.15) is 35.7 Å². The number of carbonyl (C=O) groups is 2. The molecule has 0 atom stereocenters. The summed E-state index contributed by atoms with van der Waals surface area (Å²) in [6.45, 7) is 4.68. The largest absolute Gasteiger partial charge is 0.462 e. The van der Waals surface area contributed by atoms with E-state index in [1.165, 1.54) is 0 Å². The van der Waals surface area contributed by atoms with Crippen LogP contribution >= 0.6 is 0 Å². The molecule has 4 nitrogen and oxygen atoms in total. The van der Waals surface area contributed by atoms with Gasteiger partial charge in [0.1, 0.15) is 5.78 Å². The highest BCUT2D eigenvalue weighted by molar-refractivity contribution is 5.89. The third-order valence-electron chi connectivity index (χ3n) is 3.28. The van der Waals surface area contributed by atoms with Crippen LogP contribution in [0.2, 0.25) is 0 Å².